The fraction of sp³-hybridized carbons (Fsp3) is 0.640. The number of anilines is 1. The molecule has 0 aliphatic carbocycles. The summed E-state index contributed by atoms with van der Waals surface area (Å²) >= 11 is 0. The Labute approximate surface area is 234 Å². The van der Waals surface area contributed by atoms with Crippen molar-refractivity contribution in [3.05, 3.63) is 45.6 Å². The van der Waals surface area contributed by atoms with E-state index in [9.17, 15) is 35.9 Å². The third kappa shape index (κ3) is 9.80. The highest BCUT2D eigenvalue weighted by atomic mass is 28.3. The lowest BCUT2D eigenvalue weighted by molar-refractivity contribution is -0.139. The average Bonchev–Trinajstić information content (AvgIpc) is 2.88. The summed E-state index contributed by atoms with van der Waals surface area (Å²) in [7, 11) is -1.42. The van der Waals surface area contributed by atoms with Crippen molar-refractivity contribution in [1.29, 1.82) is 0 Å². The number of unbranched alkanes of at least 4 members (excludes halogenated alkanes) is 1. The lowest BCUT2D eigenvalue weighted by Gasteiger charge is -2.34. The molecule has 1 saturated heterocycles. The number of hydrogen-bond donors (Lipinski definition) is 0. The largest absolute Gasteiger partial charge is 0.421 e. The first-order chi connectivity index (χ1) is 19.0. The molecule has 0 bridgehead atoms. The average molecular weight is 609 g/mol. The van der Waals surface area contributed by atoms with E-state index in [1.807, 2.05) is 0 Å². The molecule has 0 spiro atoms. The van der Waals surface area contributed by atoms with Gasteiger partial charge in [0.25, 0.3) is 5.56 Å². The van der Waals surface area contributed by atoms with Gasteiger partial charge in [-0.2, -0.15) is 31.4 Å². The second-order valence-electron chi connectivity index (χ2n) is 11.0. The van der Waals surface area contributed by atoms with E-state index in [2.05, 4.69) is 34.7 Å². The normalized spacial score (nSPS) is 15.0. The van der Waals surface area contributed by atoms with Crippen molar-refractivity contribution >= 4 is 19.9 Å². The molecule has 1 fully saturated rings. The number of carbonyl (C=O) groups is 1. The second-order valence-corrected chi connectivity index (χ2v) is 16.7. The van der Waals surface area contributed by atoms with Crippen LogP contribution in [0, 0.1) is 0 Å². The van der Waals surface area contributed by atoms with Crippen molar-refractivity contribution in [2.45, 2.75) is 70.5 Å². The van der Waals surface area contributed by atoms with E-state index in [4.69, 9.17) is 4.74 Å². The predicted octanol–water partition coefficient (Wildman–Crippen LogP) is 4.44. The molecule has 1 amide bonds. The van der Waals surface area contributed by atoms with Gasteiger partial charge in [-0.3, -0.25) is 9.59 Å². The summed E-state index contributed by atoms with van der Waals surface area (Å²) in [5.41, 5.74) is -3.42. The number of hydrogen-bond acceptors (Lipinski definition) is 7. The molecular weight excluding hydrogens is 574 g/mol. The van der Waals surface area contributed by atoms with Crippen molar-refractivity contribution in [2.24, 2.45) is 0 Å². The van der Waals surface area contributed by atoms with Crippen LogP contribution in [0.4, 0.5) is 32.3 Å². The Balaban J connectivity index is 1.49. The summed E-state index contributed by atoms with van der Waals surface area (Å²) in [5.74, 6) is 0.0151. The molecule has 1 aliphatic heterocycles. The van der Waals surface area contributed by atoms with E-state index < -0.39 is 37.1 Å². The molecule has 228 valence electrons. The first kappa shape index (κ1) is 32.5. The number of aryl methyl sites for hydroxylation is 1. The monoisotopic (exact) mass is 608 g/mol. The summed E-state index contributed by atoms with van der Waals surface area (Å²) in [5, 5.41) is 4.06. The Morgan fingerprint density at radius 3 is 2.17 bits per heavy atom. The van der Waals surface area contributed by atoms with Crippen molar-refractivity contribution in [2.75, 3.05) is 37.7 Å². The highest BCUT2D eigenvalue weighted by Gasteiger charge is 2.35. The zero-order valence-corrected chi connectivity index (χ0v) is 24.2. The lowest BCUT2D eigenvalue weighted by atomic mass is 10.1. The maximum absolute atomic E-state index is 13.5. The molecule has 0 N–H and O–H groups in total. The number of amides is 1. The number of aromatic nitrogens is 4. The zero-order chi connectivity index (χ0) is 30.4. The van der Waals surface area contributed by atoms with Crippen molar-refractivity contribution in [3.63, 3.8) is 0 Å². The van der Waals surface area contributed by atoms with Gasteiger partial charge in [0.1, 0.15) is 12.3 Å². The van der Waals surface area contributed by atoms with Crippen LogP contribution in [0.15, 0.2) is 23.3 Å². The second kappa shape index (κ2) is 13.3. The Bertz CT molecular complexity index is 1220. The van der Waals surface area contributed by atoms with Gasteiger partial charge in [0, 0.05) is 59.7 Å². The summed E-state index contributed by atoms with van der Waals surface area (Å²) in [6.45, 7) is 7.71. The molecule has 0 saturated carbocycles. The number of ether oxygens (including phenoxy) is 1. The quantitative estimate of drug-likeness (QED) is 0.212. The topological polar surface area (TPSA) is 93.5 Å². The van der Waals surface area contributed by atoms with Gasteiger partial charge in [-0.1, -0.05) is 19.6 Å². The molecule has 0 radical (unpaired) electrons. The number of alkyl halides is 6. The van der Waals surface area contributed by atoms with Crippen molar-refractivity contribution in [1.82, 2.24) is 24.6 Å². The number of halogens is 6. The molecule has 2 aromatic heterocycles. The van der Waals surface area contributed by atoms with E-state index >= 15 is 0 Å². The third-order valence-electron chi connectivity index (χ3n) is 6.49. The van der Waals surface area contributed by atoms with Crippen molar-refractivity contribution in [3.8, 4) is 0 Å². The summed E-state index contributed by atoms with van der Waals surface area (Å²) in [6.07, 6.45) is -6.83. The first-order valence-electron chi connectivity index (χ1n) is 13.2. The minimum absolute atomic E-state index is 0.0864. The van der Waals surface area contributed by atoms with Crippen LogP contribution in [0.3, 0.4) is 0 Å². The van der Waals surface area contributed by atoms with Crippen LogP contribution in [0.25, 0.3) is 0 Å². The van der Waals surface area contributed by atoms with Gasteiger partial charge >= 0.3 is 12.4 Å². The van der Waals surface area contributed by atoms with Gasteiger partial charge in [0.05, 0.1) is 11.3 Å². The summed E-state index contributed by atoms with van der Waals surface area (Å²) in [6, 6.07) is 1.55. The maximum Gasteiger partial charge on any atom is 0.421 e. The third-order valence-corrected chi connectivity index (χ3v) is 8.20. The highest BCUT2D eigenvalue weighted by molar-refractivity contribution is 6.76. The molecule has 16 heteroatoms. The fourth-order valence-corrected chi connectivity index (χ4v) is 4.82. The molecule has 0 unspecified atom stereocenters. The van der Waals surface area contributed by atoms with Crippen LogP contribution in [0.2, 0.25) is 25.7 Å². The van der Waals surface area contributed by atoms with Crippen LogP contribution < -0.4 is 10.5 Å². The zero-order valence-electron chi connectivity index (χ0n) is 23.2. The maximum atomic E-state index is 13.5. The minimum Gasteiger partial charge on any atom is -0.359 e. The Morgan fingerprint density at radius 1 is 0.976 bits per heavy atom. The molecule has 3 rings (SSSR count). The number of rotatable bonds is 11. The molecule has 1 aliphatic rings. The number of piperazine rings is 1. The predicted molar refractivity (Wildman–Crippen MR) is 141 cm³/mol. The molecule has 41 heavy (non-hydrogen) atoms. The van der Waals surface area contributed by atoms with E-state index in [1.165, 1.54) is 0 Å². The first-order valence-corrected chi connectivity index (χ1v) is 16.9. The van der Waals surface area contributed by atoms with Crippen LogP contribution in [-0.2, 0) is 35.0 Å². The fourth-order valence-electron chi connectivity index (χ4n) is 4.07. The van der Waals surface area contributed by atoms with E-state index in [0.717, 1.165) is 24.5 Å². The van der Waals surface area contributed by atoms with E-state index in [1.54, 1.807) is 9.80 Å². The van der Waals surface area contributed by atoms with Crippen molar-refractivity contribution < 1.29 is 35.9 Å². The molecule has 0 atom stereocenters. The molecule has 9 nitrogen and oxygen atoms in total. The smallest absolute Gasteiger partial charge is 0.359 e. The van der Waals surface area contributed by atoms with Crippen LogP contribution in [0.5, 0.6) is 0 Å². The van der Waals surface area contributed by atoms with Gasteiger partial charge in [-0.15, -0.1) is 0 Å². The lowest BCUT2D eigenvalue weighted by Crippen LogP contribution is -2.49. The Kier molecular flexibility index (Phi) is 10.6. The summed E-state index contributed by atoms with van der Waals surface area (Å²) < 4.78 is 84.7. The van der Waals surface area contributed by atoms with Crippen LogP contribution in [0.1, 0.15) is 36.1 Å². The minimum atomic E-state index is -4.83. The summed E-state index contributed by atoms with van der Waals surface area (Å²) in [4.78, 5) is 35.8. The number of nitrogens with zero attached hydrogens (tertiary/aromatic N) is 6. The highest BCUT2D eigenvalue weighted by Crippen LogP contribution is 2.29. The molecular formula is C25H34F6N6O3Si. The van der Waals surface area contributed by atoms with E-state index in [-0.39, 0.29) is 37.1 Å². The Morgan fingerprint density at radius 2 is 1.61 bits per heavy atom. The molecule has 2 aromatic rings. The standard InChI is InChI=1S/C25H34F6N6O3Si/c1-41(2,3)13-12-40-17-37-22(39)20(25(29,30)31)14-19(34-37)6-4-5-7-21(38)35-8-10-36(11-9-35)23-32-15-18(16-33-23)24(26,27)28/h14-16H,4-13,17H2,1-3H3. The SMILES string of the molecule is C[Si](C)(C)CCOCn1nc(CCCCC(=O)N2CCN(c3ncc(C(F)(F)F)cn3)CC2)cc(C(F)(F)F)c1=O. The number of carbonyl (C=O) groups excluding carboxylic acids is 1. The van der Waals surface area contributed by atoms with Gasteiger partial charge in [0.2, 0.25) is 11.9 Å². The van der Waals surface area contributed by atoms with E-state index in [0.29, 0.717) is 50.3 Å². The van der Waals surface area contributed by atoms with Crippen LogP contribution in [-0.4, -0.2) is 71.4 Å². The molecule has 0 aromatic carbocycles. The van der Waals surface area contributed by atoms with Gasteiger partial charge in [-0.25, -0.2) is 14.6 Å². The Hall–Kier alpha value is -3.01. The van der Waals surface area contributed by atoms with Gasteiger partial charge in [-0.05, 0) is 31.4 Å². The van der Waals surface area contributed by atoms with Gasteiger partial charge in [0.15, 0.2) is 0 Å². The molecule has 3 heterocycles. The van der Waals surface area contributed by atoms with Crippen LogP contribution >= 0.6 is 0 Å². The van der Waals surface area contributed by atoms with Gasteiger partial charge < -0.3 is 14.5 Å².